The summed E-state index contributed by atoms with van der Waals surface area (Å²) in [4.78, 5) is 19.0. The molecule has 0 radical (unpaired) electrons. The van der Waals surface area contributed by atoms with Crippen LogP contribution in [0.2, 0.25) is 0 Å². The molecule has 32 heavy (non-hydrogen) atoms. The third kappa shape index (κ3) is 4.90. The largest absolute Gasteiger partial charge is 0.396 e. The Morgan fingerprint density at radius 1 is 1.25 bits per heavy atom. The average Bonchev–Trinajstić information content (AvgIpc) is 3.24. The maximum absolute atomic E-state index is 11.6. The monoisotopic (exact) mass is 440 g/mol. The summed E-state index contributed by atoms with van der Waals surface area (Å²) in [6.45, 7) is 6.84. The highest BCUT2D eigenvalue weighted by Crippen LogP contribution is 2.30. The third-order valence-corrected chi connectivity index (χ3v) is 6.91. The first kappa shape index (κ1) is 22.6. The Kier molecular flexibility index (Phi) is 7.29. The van der Waals surface area contributed by atoms with Crippen molar-refractivity contribution in [2.75, 3.05) is 23.4 Å². The predicted molar refractivity (Wildman–Crippen MR) is 127 cm³/mol. The van der Waals surface area contributed by atoms with Gasteiger partial charge < -0.3 is 20.6 Å². The highest BCUT2D eigenvalue weighted by molar-refractivity contribution is 5.87. The fourth-order valence-corrected chi connectivity index (χ4v) is 5.10. The van der Waals surface area contributed by atoms with E-state index < -0.39 is 0 Å². The van der Waals surface area contributed by atoms with E-state index in [0.29, 0.717) is 12.1 Å². The van der Waals surface area contributed by atoms with Crippen molar-refractivity contribution in [2.45, 2.75) is 82.8 Å². The molecule has 1 atom stereocenters. The summed E-state index contributed by atoms with van der Waals surface area (Å²) >= 11 is 0. The SMILES string of the molecule is C=CC(=O)NC1CCC(Nc2cc(N3CCCC[C@H]3CCO)nc3c(CC)cnn23)CC1. The van der Waals surface area contributed by atoms with Crippen molar-refractivity contribution in [1.29, 1.82) is 0 Å². The maximum Gasteiger partial charge on any atom is 0.243 e. The highest BCUT2D eigenvalue weighted by atomic mass is 16.3. The minimum Gasteiger partial charge on any atom is -0.396 e. The quantitative estimate of drug-likeness (QED) is 0.546. The molecular formula is C24H36N6O2. The zero-order valence-electron chi connectivity index (χ0n) is 19.1. The fourth-order valence-electron chi connectivity index (χ4n) is 5.10. The van der Waals surface area contributed by atoms with Crippen LogP contribution in [0.25, 0.3) is 5.65 Å². The summed E-state index contributed by atoms with van der Waals surface area (Å²) in [7, 11) is 0. The van der Waals surface area contributed by atoms with Gasteiger partial charge in [0.25, 0.3) is 0 Å². The number of rotatable bonds is 8. The Morgan fingerprint density at radius 2 is 2.03 bits per heavy atom. The third-order valence-electron chi connectivity index (χ3n) is 6.91. The van der Waals surface area contributed by atoms with Gasteiger partial charge in [0.05, 0.1) is 6.20 Å². The van der Waals surface area contributed by atoms with Gasteiger partial charge in [0, 0.05) is 42.9 Å². The van der Waals surface area contributed by atoms with Crippen LogP contribution in [0, 0.1) is 0 Å². The first-order chi connectivity index (χ1) is 15.6. The van der Waals surface area contributed by atoms with Gasteiger partial charge >= 0.3 is 0 Å². The summed E-state index contributed by atoms with van der Waals surface area (Å²) < 4.78 is 1.93. The normalized spacial score (nSPS) is 23.8. The number of anilines is 2. The number of amides is 1. The number of hydrogen-bond acceptors (Lipinski definition) is 6. The topological polar surface area (TPSA) is 94.8 Å². The standard InChI is InChI=1S/C24H36N6O2/c1-3-17-16-25-30-22(26-18-8-10-19(11-9-18)27-23(32)4-2)15-21(28-24(17)30)29-13-6-5-7-20(29)12-14-31/h4,15-16,18-20,26,31H,2-3,5-14H2,1H3,(H,27,32)/t18?,19?,20-/m0/s1. The molecule has 1 saturated carbocycles. The van der Waals surface area contributed by atoms with Gasteiger partial charge in [-0.15, -0.1) is 0 Å². The minimum atomic E-state index is -0.0931. The molecule has 8 nitrogen and oxygen atoms in total. The molecule has 174 valence electrons. The predicted octanol–water partition coefficient (Wildman–Crippen LogP) is 3.06. The van der Waals surface area contributed by atoms with E-state index in [1.807, 2.05) is 10.7 Å². The molecule has 0 bridgehead atoms. The second-order valence-electron chi connectivity index (χ2n) is 9.02. The van der Waals surface area contributed by atoms with Gasteiger partial charge in [-0.3, -0.25) is 4.79 Å². The number of carbonyl (C=O) groups is 1. The molecule has 4 rings (SSSR count). The fraction of sp³-hybridized carbons (Fsp3) is 0.625. The number of aryl methyl sites for hydroxylation is 1. The number of nitrogens with one attached hydrogen (secondary N) is 2. The molecule has 3 heterocycles. The van der Waals surface area contributed by atoms with E-state index in [-0.39, 0.29) is 18.6 Å². The summed E-state index contributed by atoms with van der Waals surface area (Å²) in [6.07, 6.45) is 12.2. The van der Waals surface area contributed by atoms with Crippen LogP contribution in [-0.4, -0.2) is 56.9 Å². The molecule has 0 unspecified atom stereocenters. The zero-order chi connectivity index (χ0) is 22.5. The first-order valence-electron chi connectivity index (χ1n) is 12.1. The van der Waals surface area contributed by atoms with Crippen molar-refractivity contribution in [3.8, 4) is 0 Å². The molecule has 1 amide bonds. The van der Waals surface area contributed by atoms with Crippen LogP contribution >= 0.6 is 0 Å². The molecule has 1 saturated heterocycles. The number of aliphatic hydroxyl groups is 1. The molecule has 8 heteroatoms. The number of aliphatic hydroxyl groups excluding tert-OH is 1. The van der Waals surface area contributed by atoms with Crippen LogP contribution in [-0.2, 0) is 11.2 Å². The second kappa shape index (κ2) is 10.3. The lowest BCUT2D eigenvalue weighted by Gasteiger charge is -2.37. The Bertz CT molecular complexity index is 932. The molecule has 1 aliphatic carbocycles. The van der Waals surface area contributed by atoms with Gasteiger partial charge in [0.2, 0.25) is 5.91 Å². The van der Waals surface area contributed by atoms with E-state index in [0.717, 1.165) is 80.8 Å². The summed E-state index contributed by atoms with van der Waals surface area (Å²) in [6, 6.07) is 3.00. The molecule has 3 N–H and O–H groups in total. The van der Waals surface area contributed by atoms with E-state index in [1.54, 1.807) is 0 Å². The Morgan fingerprint density at radius 3 is 2.75 bits per heavy atom. The summed E-state index contributed by atoms with van der Waals surface area (Å²) in [5.41, 5.74) is 2.05. The molecule has 2 fully saturated rings. The van der Waals surface area contributed by atoms with Gasteiger partial charge in [0.1, 0.15) is 11.6 Å². The van der Waals surface area contributed by atoms with Crippen LogP contribution in [0.1, 0.15) is 63.9 Å². The first-order valence-corrected chi connectivity index (χ1v) is 12.1. The maximum atomic E-state index is 11.6. The molecule has 2 aliphatic rings. The lowest BCUT2D eigenvalue weighted by molar-refractivity contribution is -0.117. The molecule has 2 aromatic heterocycles. The van der Waals surface area contributed by atoms with Crippen molar-refractivity contribution in [3.63, 3.8) is 0 Å². The van der Waals surface area contributed by atoms with Crippen molar-refractivity contribution >= 4 is 23.2 Å². The number of aromatic nitrogens is 3. The van der Waals surface area contributed by atoms with Gasteiger partial charge in [-0.25, -0.2) is 4.98 Å². The van der Waals surface area contributed by atoms with Crippen LogP contribution in [0.3, 0.4) is 0 Å². The number of carbonyl (C=O) groups excluding carboxylic acids is 1. The number of piperidine rings is 1. The van der Waals surface area contributed by atoms with Gasteiger partial charge in [0.15, 0.2) is 5.65 Å². The van der Waals surface area contributed by atoms with Crippen molar-refractivity contribution < 1.29 is 9.90 Å². The molecule has 0 spiro atoms. The zero-order valence-corrected chi connectivity index (χ0v) is 19.1. The lowest BCUT2D eigenvalue weighted by atomic mass is 9.91. The van der Waals surface area contributed by atoms with Crippen LogP contribution in [0.4, 0.5) is 11.6 Å². The molecule has 0 aromatic carbocycles. The highest BCUT2D eigenvalue weighted by Gasteiger charge is 2.26. The molecular weight excluding hydrogens is 404 g/mol. The number of nitrogens with zero attached hydrogens (tertiary/aromatic N) is 4. The van der Waals surface area contributed by atoms with Gasteiger partial charge in [-0.2, -0.15) is 9.61 Å². The summed E-state index contributed by atoms with van der Waals surface area (Å²) in [5, 5.41) is 20.9. The minimum absolute atomic E-state index is 0.0931. The van der Waals surface area contributed by atoms with E-state index in [4.69, 9.17) is 4.98 Å². The summed E-state index contributed by atoms with van der Waals surface area (Å²) in [5.74, 6) is 1.85. The van der Waals surface area contributed by atoms with E-state index in [1.165, 1.54) is 12.5 Å². The van der Waals surface area contributed by atoms with Crippen LogP contribution in [0.5, 0.6) is 0 Å². The molecule has 1 aliphatic heterocycles. The van der Waals surface area contributed by atoms with E-state index >= 15 is 0 Å². The van der Waals surface area contributed by atoms with Crippen LogP contribution < -0.4 is 15.5 Å². The average molecular weight is 441 g/mol. The van der Waals surface area contributed by atoms with Crippen molar-refractivity contribution in [2.24, 2.45) is 0 Å². The van der Waals surface area contributed by atoms with Gasteiger partial charge in [-0.1, -0.05) is 13.5 Å². The van der Waals surface area contributed by atoms with Gasteiger partial charge in [-0.05, 0) is 63.9 Å². The number of hydrogen-bond donors (Lipinski definition) is 3. The Labute approximate surface area is 190 Å². The van der Waals surface area contributed by atoms with Crippen molar-refractivity contribution in [1.82, 2.24) is 19.9 Å². The van der Waals surface area contributed by atoms with Crippen LogP contribution in [0.15, 0.2) is 24.9 Å². The number of fused-ring (bicyclic) bond motifs is 1. The molecule has 2 aromatic rings. The van der Waals surface area contributed by atoms with Crippen molar-refractivity contribution in [3.05, 3.63) is 30.5 Å². The smallest absolute Gasteiger partial charge is 0.243 e. The lowest BCUT2D eigenvalue weighted by Crippen LogP contribution is -2.41. The second-order valence-corrected chi connectivity index (χ2v) is 9.02. The Hall–Kier alpha value is -2.61. The van der Waals surface area contributed by atoms with E-state index in [9.17, 15) is 9.90 Å². The Balaban J connectivity index is 1.56. The van der Waals surface area contributed by atoms with E-state index in [2.05, 4.69) is 40.2 Å².